The molecule has 2 heterocycles. The van der Waals surface area contributed by atoms with Crippen molar-refractivity contribution in [2.45, 2.75) is 37.9 Å². The fourth-order valence-electron chi connectivity index (χ4n) is 3.52. The number of benzene rings is 1. The van der Waals surface area contributed by atoms with Gasteiger partial charge in [0.25, 0.3) is 0 Å². The molecule has 0 amide bonds. The number of ether oxygens (including phenoxy) is 1. The first-order chi connectivity index (χ1) is 13.5. The van der Waals surface area contributed by atoms with Gasteiger partial charge in [-0.15, -0.1) is 0 Å². The number of nitrogens with zero attached hydrogens (tertiary/aromatic N) is 2. The van der Waals surface area contributed by atoms with Crippen LogP contribution in [0.15, 0.2) is 48.7 Å². The van der Waals surface area contributed by atoms with Crippen LogP contribution in [-0.2, 0) is 9.53 Å². The minimum Gasteiger partial charge on any atom is -0.618 e. The molecule has 6 nitrogen and oxygen atoms in total. The molecule has 1 atom stereocenters. The zero-order valence-electron chi connectivity index (χ0n) is 15.7. The Hall–Kier alpha value is -2.15. The van der Waals surface area contributed by atoms with Gasteiger partial charge in [-0.1, -0.05) is 23.7 Å². The molecule has 0 aliphatic carbocycles. The maximum atomic E-state index is 12.3. The second kappa shape index (κ2) is 9.87. The highest BCUT2D eigenvalue weighted by atomic mass is 35.5. The summed E-state index contributed by atoms with van der Waals surface area (Å²) in [7, 11) is 0. The quantitative estimate of drug-likeness (QED) is 0.539. The SMILES string of the molecule is O=C(O)CCCN1CCC(O[C@@H](c2ccc(Cl)cc2)c2cccc[n+]2[O-])CC1. The summed E-state index contributed by atoms with van der Waals surface area (Å²) in [4.78, 5) is 12.9. The van der Waals surface area contributed by atoms with Crippen LogP contribution in [0.5, 0.6) is 0 Å². The van der Waals surface area contributed by atoms with Crippen molar-refractivity contribution in [2.24, 2.45) is 0 Å². The summed E-state index contributed by atoms with van der Waals surface area (Å²) in [5, 5.41) is 21.7. The molecule has 0 radical (unpaired) electrons. The number of halogens is 1. The molecule has 0 spiro atoms. The molecule has 28 heavy (non-hydrogen) atoms. The van der Waals surface area contributed by atoms with Crippen LogP contribution in [0.1, 0.15) is 43.0 Å². The van der Waals surface area contributed by atoms with Crippen molar-refractivity contribution in [3.05, 3.63) is 70.1 Å². The summed E-state index contributed by atoms with van der Waals surface area (Å²) in [6.07, 6.45) is 3.62. The Kier molecular flexibility index (Phi) is 7.25. The third kappa shape index (κ3) is 5.67. The summed E-state index contributed by atoms with van der Waals surface area (Å²) in [5.74, 6) is -0.752. The highest BCUT2D eigenvalue weighted by Gasteiger charge is 2.28. The third-order valence-electron chi connectivity index (χ3n) is 5.02. The second-order valence-corrected chi connectivity index (χ2v) is 7.49. The minimum atomic E-state index is -0.752. The summed E-state index contributed by atoms with van der Waals surface area (Å²) in [5.41, 5.74) is 1.44. The number of likely N-dealkylation sites (tertiary alicyclic amines) is 1. The molecule has 1 saturated heterocycles. The fraction of sp³-hybridized carbons (Fsp3) is 0.429. The van der Waals surface area contributed by atoms with Crippen molar-refractivity contribution in [3.8, 4) is 0 Å². The molecule has 0 saturated carbocycles. The molecule has 1 N–H and O–H groups in total. The van der Waals surface area contributed by atoms with E-state index < -0.39 is 12.1 Å². The number of carboxylic acids is 1. The lowest BCUT2D eigenvalue weighted by atomic mass is 10.0. The van der Waals surface area contributed by atoms with Gasteiger partial charge in [0.2, 0.25) is 5.69 Å². The van der Waals surface area contributed by atoms with E-state index in [0.717, 1.165) is 42.8 Å². The maximum absolute atomic E-state index is 12.3. The van der Waals surface area contributed by atoms with Crippen LogP contribution in [0.25, 0.3) is 0 Å². The zero-order valence-corrected chi connectivity index (χ0v) is 16.4. The smallest absolute Gasteiger partial charge is 0.303 e. The normalized spacial score (nSPS) is 16.8. The largest absolute Gasteiger partial charge is 0.618 e. The van der Waals surface area contributed by atoms with E-state index in [2.05, 4.69) is 4.90 Å². The number of carbonyl (C=O) groups is 1. The van der Waals surface area contributed by atoms with Crippen LogP contribution in [0.4, 0.5) is 0 Å². The average Bonchev–Trinajstić information content (AvgIpc) is 2.68. The minimum absolute atomic E-state index is 0.0385. The molecule has 1 aliphatic rings. The number of carboxylic acid groups (broad SMARTS) is 1. The summed E-state index contributed by atoms with van der Waals surface area (Å²) in [6, 6.07) is 12.7. The average molecular weight is 405 g/mol. The van der Waals surface area contributed by atoms with E-state index in [-0.39, 0.29) is 12.5 Å². The Morgan fingerprint density at radius 2 is 1.96 bits per heavy atom. The molecule has 1 aliphatic heterocycles. The Balaban J connectivity index is 1.65. The highest BCUT2D eigenvalue weighted by molar-refractivity contribution is 6.30. The molecule has 7 heteroatoms. The van der Waals surface area contributed by atoms with Crippen LogP contribution >= 0.6 is 11.6 Å². The van der Waals surface area contributed by atoms with E-state index in [9.17, 15) is 10.0 Å². The van der Waals surface area contributed by atoms with Crippen molar-refractivity contribution >= 4 is 17.6 Å². The predicted octanol–water partition coefficient (Wildman–Crippen LogP) is 3.41. The van der Waals surface area contributed by atoms with Crippen molar-refractivity contribution in [1.29, 1.82) is 0 Å². The lowest BCUT2D eigenvalue weighted by Gasteiger charge is -2.33. The number of hydrogen-bond acceptors (Lipinski definition) is 4. The van der Waals surface area contributed by atoms with Crippen molar-refractivity contribution < 1.29 is 19.4 Å². The maximum Gasteiger partial charge on any atom is 0.303 e. The van der Waals surface area contributed by atoms with Gasteiger partial charge in [-0.3, -0.25) is 4.79 Å². The van der Waals surface area contributed by atoms with E-state index in [4.69, 9.17) is 21.4 Å². The van der Waals surface area contributed by atoms with Gasteiger partial charge in [-0.25, -0.2) is 0 Å². The Labute approximate surface area is 169 Å². The fourth-order valence-corrected chi connectivity index (χ4v) is 3.64. The molecule has 1 fully saturated rings. The number of pyridine rings is 1. The van der Waals surface area contributed by atoms with Gasteiger partial charge >= 0.3 is 5.97 Å². The first-order valence-electron chi connectivity index (χ1n) is 9.56. The summed E-state index contributed by atoms with van der Waals surface area (Å²) < 4.78 is 7.24. The van der Waals surface area contributed by atoms with E-state index >= 15 is 0 Å². The van der Waals surface area contributed by atoms with E-state index in [1.165, 1.54) is 6.20 Å². The number of piperidine rings is 1. The molecule has 1 aromatic heterocycles. The van der Waals surface area contributed by atoms with E-state index in [0.29, 0.717) is 17.1 Å². The Morgan fingerprint density at radius 3 is 2.61 bits per heavy atom. The lowest BCUT2D eigenvalue weighted by molar-refractivity contribution is -0.618. The van der Waals surface area contributed by atoms with Crippen LogP contribution in [0, 0.1) is 5.21 Å². The van der Waals surface area contributed by atoms with Gasteiger partial charge in [0, 0.05) is 36.7 Å². The molecular formula is C21H25ClN2O4. The molecule has 3 rings (SSSR count). The number of rotatable bonds is 8. The van der Waals surface area contributed by atoms with Gasteiger partial charge in [0.05, 0.1) is 6.10 Å². The topological polar surface area (TPSA) is 76.7 Å². The number of hydrogen-bond donors (Lipinski definition) is 1. The summed E-state index contributed by atoms with van der Waals surface area (Å²) in [6.45, 7) is 2.52. The predicted molar refractivity (Wildman–Crippen MR) is 106 cm³/mol. The molecule has 2 aromatic rings. The standard InChI is InChI=1S/C21H25ClN2O4/c22-17-8-6-16(7-9-17)21(19-4-1-2-13-24(19)27)28-18-10-14-23(15-11-18)12-3-5-20(25)26/h1-2,4,6-9,13,18,21H,3,5,10-12,14-15H2,(H,25,26)/t21-/m0/s1. The van der Waals surface area contributed by atoms with E-state index in [1.807, 2.05) is 18.2 Å². The number of aliphatic carboxylic acids is 1. The zero-order chi connectivity index (χ0) is 19.9. The van der Waals surface area contributed by atoms with Gasteiger partial charge in [0.1, 0.15) is 0 Å². The van der Waals surface area contributed by atoms with Crippen LogP contribution in [0.3, 0.4) is 0 Å². The van der Waals surface area contributed by atoms with Gasteiger partial charge in [0.15, 0.2) is 12.3 Å². The lowest BCUT2D eigenvalue weighted by Crippen LogP contribution is -2.40. The Bertz CT molecular complexity index is 776. The van der Waals surface area contributed by atoms with Crippen LogP contribution in [0.2, 0.25) is 5.02 Å². The molecule has 1 aromatic carbocycles. The van der Waals surface area contributed by atoms with Crippen molar-refractivity contribution in [3.63, 3.8) is 0 Å². The summed E-state index contributed by atoms with van der Waals surface area (Å²) >= 11 is 6.01. The van der Waals surface area contributed by atoms with Crippen LogP contribution in [-0.4, -0.2) is 41.7 Å². The first-order valence-corrected chi connectivity index (χ1v) is 9.94. The third-order valence-corrected chi connectivity index (χ3v) is 5.28. The monoisotopic (exact) mass is 404 g/mol. The second-order valence-electron chi connectivity index (χ2n) is 7.06. The molecule has 150 valence electrons. The van der Waals surface area contributed by atoms with Gasteiger partial charge in [-0.2, -0.15) is 4.73 Å². The molecular weight excluding hydrogens is 380 g/mol. The first kappa shape index (κ1) is 20.6. The van der Waals surface area contributed by atoms with Crippen molar-refractivity contribution in [1.82, 2.24) is 4.90 Å². The highest BCUT2D eigenvalue weighted by Crippen LogP contribution is 2.29. The molecule has 0 unspecified atom stereocenters. The van der Waals surface area contributed by atoms with Gasteiger partial charge in [-0.05, 0) is 49.6 Å². The number of aromatic nitrogens is 1. The van der Waals surface area contributed by atoms with E-state index in [1.54, 1.807) is 24.3 Å². The van der Waals surface area contributed by atoms with Gasteiger partial charge < -0.3 is 20.0 Å². The van der Waals surface area contributed by atoms with Crippen molar-refractivity contribution in [2.75, 3.05) is 19.6 Å². The Morgan fingerprint density at radius 1 is 1.25 bits per heavy atom. The van der Waals surface area contributed by atoms with Crippen LogP contribution < -0.4 is 4.73 Å². The molecule has 0 bridgehead atoms.